The second-order valence-corrected chi connectivity index (χ2v) is 5.01. The molecule has 1 aromatic heterocycles. The fourth-order valence-electron chi connectivity index (χ4n) is 1.87. The van der Waals surface area contributed by atoms with Crippen molar-refractivity contribution in [2.75, 3.05) is 12.8 Å². The molecule has 0 amide bonds. The zero-order valence-electron chi connectivity index (χ0n) is 10.8. The van der Waals surface area contributed by atoms with Gasteiger partial charge in [-0.3, -0.25) is 0 Å². The van der Waals surface area contributed by atoms with Gasteiger partial charge in [0.15, 0.2) is 0 Å². The topological polar surface area (TPSA) is 53.1 Å². The van der Waals surface area contributed by atoms with Crippen molar-refractivity contribution in [1.29, 1.82) is 0 Å². The second kappa shape index (κ2) is 4.04. The smallest absolute Gasteiger partial charge is 0.201 e. The molecule has 4 nitrogen and oxygen atoms in total. The minimum absolute atomic E-state index is 0.257. The standard InChI is InChI=1S/C13H19N3O/c1-9-5-6-11-10(7-9)15-12(14)16(11)8-13(2,3)17-4/h5-7H,8H2,1-4H3,(H2,14,15). The Bertz CT molecular complexity index is 543. The molecule has 0 fully saturated rings. The highest BCUT2D eigenvalue weighted by Gasteiger charge is 2.20. The van der Waals surface area contributed by atoms with Crippen LogP contribution in [0.15, 0.2) is 18.2 Å². The Kier molecular flexibility index (Phi) is 2.83. The van der Waals surface area contributed by atoms with Crippen molar-refractivity contribution in [3.63, 3.8) is 0 Å². The number of nitrogens with zero attached hydrogens (tertiary/aromatic N) is 2. The number of ether oxygens (including phenoxy) is 1. The van der Waals surface area contributed by atoms with E-state index >= 15 is 0 Å². The Morgan fingerprint density at radius 1 is 1.41 bits per heavy atom. The van der Waals surface area contributed by atoms with Gasteiger partial charge in [-0.1, -0.05) is 6.07 Å². The molecular weight excluding hydrogens is 214 g/mol. The van der Waals surface area contributed by atoms with E-state index in [0.717, 1.165) is 11.0 Å². The van der Waals surface area contributed by atoms with Crippen LogP contribution in [-0.2, 0) is 11.3 Å². The summed E-state index contributed by atoms with van der Waals surface area (Å²) >= 11 is 0. The molecule has 0 unspecified atom stereocenters. The zero-order valence-corrected chi connectivity index (χ0v) is 10.8. The third-order valence-corrected chi connectivity index (χ3v) is 3.02. The zero-order chi connectivity index (χ0) is 12.6. The lowest BCUT2D eigenvalue weighted by Gasteiger charge is -2.24. The van der Waals surface area contributed by atoms with Crippen LogP contribution in [0.25, 0.3) is 11.0 Å². The van der Waals surface area contributed by atoms with E-state index in [0.29, 0.717) is 12.5 Å². The Morgan fingerprint density at radius 3 is 2.76 bits per heavy atom. The third kappa shape index (κ3) is 2.26. The molecule has 0 saturated heterocycles. The second-order valence-electron chi connectivity index (χ2n) is 5.01. The average Bonchev–Trinajstić information content (AvgIpc) is 2.54. The van der Waals surface area contributed by atoms with Crippen molar-refractivity contribution in [3.05, 3.63) is 23.8 Å². The summed E-state index contributed by atoms with van der Waals surface area (Å²) in [5.41, 5.74) is 8.89. The molecule has 17 heavy (non-hydrogen) atoms. The number of benzene rings is 1. The minimum atomic E-state index is -0.257. The van der Waals surface area contributed by atoms with Crippen LogP contribution in [0, 0.1) is 6.92 Å². The molecule has 92 valence electrons. The lowest BCUT2D eigenvalue weighted by molar-refractivity contribution is 0.00947. The Labute approximate surface area is 101 Å². The van der Waals surface area contributed by atoms with Gasteiger partial charge in [0.1, 0.15) is 0 Å². The molecule has 0 aliphatic rings. The summed E-state index contributed by atoms with van der Waals surface area (Å²) in [6, 6.07) is 6.17. The van der Waals surface area contributed by atoms with Crippen molar-refractivity contribution in [3.8, 4) is 0 Å². The lowest BCUT2D eigenvalue weighted by Crippen LogP contribution is -2.29. The van der Waals surface area contributed by atoms with Gasteiger partial charge >= 0.3 is 0 Å². The normalized spacial score (nSPS) is 12.2. The summed E-state index contributed by atoms with van der Waals surface area (Å²) in [6.45, 7) is 6.81. The number of methoxy groups -OCH3 is 1. The van der Waals surface area contributed by atoms with Crippen LogP contribution >= 0.6 is 0 Å². The Morgan fingerprint density at radius 2 is 2.12 bits per heavy atom. The van der Waals surface area contributed by atoms with Crippen molar-refractivity contribution < 1.29 is 4.74 Å². The summed E-state index contributed by atoms with van der Waals surface area (Å²) < 4.78 is 7.43. The molecule has 0 radical (unpaired) electrons. The highest BCUT2D eigenvalue weighted by Crippen LogP contribution is 2.22. The molecule has 0 saturated carbocycles. The molecule has 4 heteroatoms. The number of rotatable bonds is 3. The van der Waals surface area contributed by atoms with Crippen LogP contribution in [0.2, 0.25) is 0 Å². The monoisotopic (exact) mass is 233 g/mol. The lowest BCUT2D eigenvalue weighted by atomic mass is 10.1. The highest BCUT2D eigenvalue weighted by molar-refractivity contribution is 5.79. The molecule has 2 aromatic rings. The summed E-state index contributed by atoms with van der Waals surface area (Å²) in [5, 5.41) is 0. The van der Waals surface area contributed by atoms with Gasteiger partial charge in [-0.25, -0.2) is 4.98 Å². The summed E-state index contributed by atoms with van der Waals surface area (Å²) in [7, 11) is 1.71. The molecule has 2 N–H and O–H groups in total. The molecule has 0 aliphatic carbocycles. The molecule has 2 rings (SSSR count). The molecule has 0 aliphatic heterocycles. The van der Waals surface area contributed by atoms with Gasteiger partial charge in [0.2, 0.25) is 5.95 Å². The SMILES string of the molecule is COC(C)(C)Cn1c(N)nc2cc(C)ccc21. The van der Waals surface area contributed by atoms with Crippen LogP contribution in [0.4, 0.5) is 5.95 Å². The summed E-state index contributed by atoms with van der Waals surface area (Å²) in [4.78, 5) is 4.38. The number of nitrogen functional groups attached to an aromatic ring is 1. The van der Waals surface area contributed by atoms with Crippen LogP contribution in [-0.4, -0.2) is 22.3 Å². The number of fused-ring (bicyclic) bond motifs is 1. The summed E-state index contributed by atoms with van der Waals surface area (Å²) in [6.07, 6.45) is 0. The number of hydrogen-bond acceptors (Lipinski definition) is 3. The summed E-state index contributed by atoms with van der Waals surface area (Å²) in [5.74, 6) is 0.538. The highest BCUT2D eigenvalue weighted by atomic mass is 16.5. The van der Waals surface area contributed by atoms with E-state index in [4.69, 9.17) is 10.5 Å². The van der Waals surface area contributed by atoms with Gasteiger partial charge in [-0.2, -0.15) is 0 Å². The van der Waals surface area contributed by atoms with Crippen molar-refractivity contribution in [1.82, 2.24) is 9.55 Å². The molecule has 1 heterocycles. The number of aromatic nitrogens is 2. The van der Waals surface area contributed by atoms with Crippen LogP contribution < -0.4 is 5.73 Å². The van der Waals surface area contributed by atoms with Crippen molar-refractivity contribution in [2.24, 2.45) is 0 Å². The average molecular weight is 233 g/mol. The molecule has 0 spiro atoms. The molecule has 1 aromatic carbocycles. The first kappa shape index (κ1) is 11.9. The minimum Gasteiger partial charge on any atom is -0.377 e. The maximum Gasteiger partial charge on any atom is 0.201 e. The van der Waals surface area contributed by atoms with E-state index < -0.39 is 0 Å². The predicted molar refractivity (Wildman–Crippen MR) is 70.0 cm³/mol. The van der Waals surface area contributed by atoms with E-state index in [1.807, 2.05) is 31.4 Å². The van der Waals surface area contributed by atoms with Crippen molar-refractivity contribution >= 4 is 17.0 Å². The quantitative estimate of drug-likeness (QED) is 0.885. The number of imidazole rings is 1. The van der Waals surface area contributed by atoms with E-state index in [1.165, 1.54) is 5.56 Å². The van der Waals surface area contributed by atoms with Gasteiger partial charge in [0.05, 0.1) is 23.2 Å². The molecule has 0 atom stereocenters. The first-order chi connectivity index (χ1) is 7.93. The van der Waals surface area contributed by atoms with Crippen LogP contribution in [0.5, 0.6) is 0 Å². The van der Waals surface area contributed by atoms with E-state index in [-0.39, 0.29) is 5.60 Å². The molecular formula is C13H19N3O. The van der Waals surface area contributed by atoms with E-state index in [9.17, 15) is 0 Å². The Balaban J connectivity index is 2.50. The van der Waals surface area contributed by atoms with Gasteiger partial charge in [0, 0.05) is 7.11 Å². The maximum absolute atomic E-state index is 5.96. The van der Waals surface area contributed by atoms with Crippen LogP contribution in [0.3, 0.4) is 0 Å². The fourth-order valence-corrected chi connectivity index (χ4v) is 1.87. The van der Waals surface area contributed by atoms with Crippen molar-refractivity contribution in [2.45, 2.75) is 32.9 Å². The van der Waals surface area contributed by atoms with E-state index in [1.54, 1.807) is 7.11 Å². The number of nitrogens with two attached hydrogens (primary N) is 1. The first-order valence-electron chi connectivity index (χ1n) is 5.70. The van der Waals surface area contributed by atoms with Gasteiger partial charge < -0.3 is 15.0 Å². The Hall–Kier alpha value is -1.55. The first-order valence-corrected chi connectivity index (χ1v) is 5.70. The molecule has 0 bridgehead atoms. The van der Waals surface area contributed by atoms with Gasteiger partial charge in [0.25, 0.3) is 0 Å². The largest absolute Gasteiger partial charge is 0.377 e. The van der Waals surface area contributed by atoms with Gasteiger partial charge in [-0.15, -0.1) is 0 Å². The number of hydrogen-bond donors (Lipinski definition) is 1. The van der Waals surface area contributed by atoms with Crippen LogP contribution in [0.1, 0.15) is 19.4 Å². The third-order valence-electron chi connectivity index (χ3n) is 3.02. The fraction of sp³-hybridized carbons (Fsp3) is 0.462. The number of aryl methyl sites for hydroxylation is 1. The number of anilines is 1. The van der Waals surface area contributed by atoms with E-state index in [2.05, 4.69) is 17.1 Å². The van der Waals surface area contributed by atoms with Gasteiger partial charge in [-0.05, 0) is 38.5 Å². The maximum atomic E-state index is 5.96. The predicted octanol–water partition coefficient (Wildman–Crippen LogP) is 2.35.